The number of nitrogens with one attached hydrogen (secondary N) is 2. The molecular weight excluding hydrogens is 408 g/mol. The van der Waals surface area contributed by atoms with Crippen LogP contribution in [0.4, 0.5) is 5.13 Å². The minimum Gasteiger partial charge on any atom is -0.353 e. The van der Waals surface area contributed by atoms with E-state index in [1.54, 1.807) is 29.7 Å². The van der Waals surface area contributed by atoms with Crippen molar-refractivity contribution in [2.75, 3.05) is 24.5 Å². The van der Waals surface area contributed by atoms with E-state index in [2.05, 4.69) is 19.9 Å². The van der Waals surface area contributed by atoms with E-state index in [1.165, 1.54) is 12.1 Å². The highest BCUT2D eigenvalue weighted by Crippen LogP contribution is 2.22. The Morgan fingerprint density at radius 3 is 2.78 bits per heavy atom. The van der Waals surface area contributed by atoms with Crippen LogP contribution in [0.3, 0.4) is 0 Å². The number of thiazole rings is 1. The Balaban J connectivity index is 1.40. The van der Waals surface area contributed by atoms with Gasteiger partial charge in [0.05, 0.1) is 4.90 Å². The van der Waals surface area contributed by atoms with E-state index in [-0.39, 0.29) is 29.8 Å². The molecule has 1 aromatic carbocycles. The van der Waals surface area contributed by atoms with E-state index in [1.807, 2.05) is 5.38 Å². The van der Waals surface area contributed by atoms with E-state index in [9.17, 15) is 13.2 Å². The van der Waals surface area contributed by atoms with Crippen molar-refractivity contribution in [3.63, 3.8) is 0 Å². The maximum Gasteiger partial charge on any atom is 0.240 e. The summed E-state index contributed by atoms with van der Waals surface area (Å²) in [5, 5.41) is 6.29. The number of halogens is 1. The van der Waals surface area contributed by atoms with E-state index in [0.29, 0.717) is 5.02 Å². The first kappa shape index (κ1) is 20.1. The Morgan fingerprint density at radius 2 is 2.11 bits per heavy atom. The van der Waals surface area contributed by atoms with Gasteiger partial charge in [0.25, 0.3) is 0 Å². The van der Waals surface area contributed by atoms with Gasteiger partial charge in [0.2, 0.25) is 15.9 Å². The molecule has 0 spiro atoms. The highest BCUT2D eigenvalue weighted by atomic mass is 35.5. The quantitative estimate of drug-likeness (QED) is 0.705. The lowest BCUT2D eigenvalue weighted by molar-refractivity contribution is -0.121. The molecule has 10 heteroatoms. The van der Waals surface area contributed by atoms with Crippen LogP contribution in [0.25, 0.3) is 0 Å². The number of aromatic nitrogens is 1. The van der Waals surface area contributed by atoms with Crippen LogP contribution in [0.15, 0.2) is 40.7 Å². The average molecular weight is 429 g/mol. The first-order chi connectivity index (χ1) is 12.9. The molecule has 0 bridgehead atoms. The molecule has 2 aromatic rings. The third-order valence-corrected chi connectivity index (χ3v) is 6.83. The fourth-order valence-electron chi connectivity index (χ4n) is 2.90. The first-order valence-corrected chi connectivity index (χ1v) is 11.4. The third kappa shape index (κ3) is 5.65. The van der Waals surface area contributed by atoms with Gasteiger partial charge in [-0.15, -0.1) is 11.3 Å². The first-order valence-electron chi connectivity index (χ1n) is 8.63. The van der Waals surface area contributed by atoms with Gasteiger partial charge in [-0.05, 0) is 31.0 Å². The van der Waals surface area contributed by atoms with Crippen molar-refractivity contribution in [1.82, 2.24) is 15.0 Å². The Morgan fingerprint density at radius 1 is 1.33 bits per heavy atom. The van der Waals surface area contributed by atoms with Gasteiger partial charge < -0.3 is 10.2 Å². The molecule has 0 saturated carbocycles. The summed E-state index contributed by atoms with van der Waals surface area (Å²) in [5.74, 6) is -0.156. The lowest BCUT2D eigenvalue weighted by Gasteiger charge is -2.32. The monoisotopic (exact) mass is 428 g/mol. The number of sulfonamides is 1. The van der Waals surface area contributed by atoms with Gasteiger partial charge in [-0.1, -0.05) is 17.7 Å². The standard InChI is InChI=1S/C17H21ClN4O3S2/c18-13-2-1-3-15(12-13)27(24,25)20-7-4-16(23)21-14-5-9-22(10-6-14)17-19-8-11-26-17/h1-3,8,11-12,14,20H,4-7,9-10H2,(H,21,23). The fourth-order valence-corrected chi connectivity index (χ4v) is 4.93. The van der Waals surface area contributed by atoms with E-state index >= 15 is 0 Å². The minimum atomic E-state index is -3.67. The molecule has 0 radical (unpaired) electrons. The minimum absolute atomic E-state index is 0.0403. The number of carbonyl (C=O) groups excluding carboxylic acids is 1. The normalized spacial score (nSPS) is 15.7. The number of anilines is 1. The number of nitrogens with zero attached hydrogens (tertiary/aromatic N) is 2. The third-order valence-electron chi connectivity index (χ3n) is 4.30. The van der Waals surface area contributed by atoms with E-state index < -0.39 is 10.0 Å². The van der Waals surface area contributed by atoms with Gasteiger partial charge in [-0.2, -0.15) is 0 Å². The summed E-state index contributed by atoms with van der Waals surface area (Å²) >= 11 is 7.43. The van der Waals surface area contributed by atoms with Crippen molar-refractivity contribution in [3.8, 4) is 0 Å². The molecule has 1 aliphatic heterocycles. The Kier molecular flexibility index (Phi) is 6.69. The molecule has 1 aromatic heterocycles. The van der Waals surface area contributed by atoms with Crippen molar-refractivity contribution in [1.29, 1.82) is 0 Å². The van der Waals surface area contributed by atoms with Crippen LogP contribution in [0, 0.1) is 0 Å². The lowest BCUT2D eigenvalue weighted by atomic mass is 10.1. The summed E-state index contributed by atoms with van der Waals surface area (Å²) in [7, 11) is -3.67. The van der Waals surface area contributed by atoms with Crippen molar-refractivity contribution >= 4 is 44.0 Å². The molecule has 1 saturated heterocycles. The van der Waals surface area contributed by atoms with Gasteiger partial charge in [0, 0.05) is 48.7 Å². The zero-order valence-electron chi connectivity index (χ0n) is 14.6. The molecule has 2 heterocycles. The number of rotatable bonds is 7. The number of hydrogen-bond donors (Lipinski definition) is 2. The van der Waals surface area contributed by atoms with Gasteiger partial charge in [0.1, 0.15) is 0 Å². The summed E-state index contributed by atoms with van der Waals surface area (Å²) in [6.45, 7) is 1.73. The van der Waals surface area contributed by atoms with Gasteiger partial charge in [-0.25, -0.2) is 18.1 Å². The SMILES string of the molecule is O=C(CCNS(=O)(=O)c1cccc(Cl)c1)NC1CCN(c2nccs2)CC1. The molecule has 146 valence electrons. The van der Waals surface area contributed by atoms with E-state index in [0.717, 1.165) is 31.1 Å². The largest absolute Gasteiger partial charge is 0.353 e. The summed E-state index contributed by atoms with van der Waals surface area (Å²) in [5.41, 5.74) is 0. The number of piperidine rings is 1. The Labute approximate surface area is 167 Å². The molecule has 27 heavy (non-hydrogen) atoms. The fraction of sp³-hybridized carbons (Fsp3) is 0.412. The van der Waals surface area contributed by atoms with Crippen molar-refractivity contribution in [2.24, 2.45) is 0 Å². The van der Waals surface area contributed by atoms with Crippen LogP contribution in [-0.4, -0.2) is 45.0 Å². The molecule has 0 atom stereocenters. The average Bonchev–Trinajstić information content (AvgIpc) is 3.17. The molecule has 1 aliphatic rings. The molecule has 2 N–H and O–H groups in total. The second-order valence-electron chi connectivity index (χ2n) is 6.25. The molecule has 0 aliphatic carbocycles. The van der Waals surface area contributed by atoms with Crippen molar-refractivity contribution < 1.29 is 13.2 Å². The highest BCUT2D eigenvalue weighted by Gasteiger charge is 2.22. The molecule has 3 rings (SSSR count). The van der Waals surface area contributed by atoms with Crippen LogP contribution >= 0.6 is 22.9 Å². The predicted molar refractivity (Wildman–Crippen MR) is 107 cm³/mol. The summed E-state index contributed by atoms with van der Waals surface area (Å²) < 4.78 is 26.8. The number of amides is 1. The number of hydrogen-bond acceptors (Lipinski definition) is 6. The van der Waals surface area contributed by atoms with Gasteiger partial charge in [0.15, 0.2) is 5.13 Å². The van der Waals surface area contributed by atoms with Crippen molar-refractivity contribution in [2.45, 2.75) is 30.2 Å². The smallest absolute Gasteiger partial charge is 0.240 e. The number of benzene rings is 1. The number of carbonyl (C=O) groups is 1. The summed E-state index contributed by atoms with van der Waals surface area (Å²) in [4.78, 5) is 18.7. The molecule has 7 nitrogen and oxygen atoms in total. The van der Waals surface area contributed by atoms with E-state index in [4.69, 9.17) is 11.6 Å². The Hall–Kier alpha value is -1.68. The van der Waals surface area contributed by atoms with Crippen LogP contribution in [-0.2, 0) is 14.8 Å². The summed E-state index contributed by atoms with van der Waals surface area (Å²) in [6.07, 6.45) is 3.57. The van der Waals surface area contributed by atoms with Crippen LogP contribution in [0.1, 0.15) is 19.3 Å². The van der Waals surface area contributed by atoms with Crippen LogP contribution in [0.5, 0.6) is 0 Å². The Bertz CT molecular complexity index is 866. The maximum atomic E-state index is 12.2. The topological polar surface area (TPSA) is 91.4 Å². The van der Waals surface area contributed by atoms with Crippen LogP contribution < -0.4 is 14.9 Å². The van der Waals surface area contributed by atoms with Gasteiger partial charge >= 0.3 is 0 Å². The molecule has 0 unspecified atom stereocenters. The lowest BCUT2D eigenvalue weighted by Crippen LogP contribution is -2.45. The zero-order valence-corrected chi connectivity index (χ0v) is 17.0. The molecular formula is C17H21ClN4O3S2. The predicted octanol–water partition coefficient (Wildman–Crippen LogP) is 2.25. The second kappa shape index (κ2) is 9.01. The molecule has 1 amide bonds. The molecule has 1 fully saturated rings. The highest BCUT2D eigenvalue weighted by molar-refractivity contribution is 7.89. The maximum absolute atomic E-state index is 12.2. The van der Waals surface area contributed by atoms with Crippen LogP contribution in [0.2, 0.25) is 5.02 Å². The second-order valence-corrected chi connectivity index (χ2v) is 9.33. The van der Waals surface area contributed by atoms with Crippen molar-refractivity contribution in [3.05, 3.63) is 40.9 Å². The zero-order chi connectivity index (χ0) is 19.3. The van der Waals surface area contributed by atoms with Gasteiger partial charge in [-0.3, -0.25) is 4.79 Å². The summed E-state index contributed by atoms with van der Waals surface area (Å²) in [6, 6.07) is 6.12.